The number of nitrogens with zero attached hydrogens (tertiary/aromatic N) is 3. The van der Waals surface area contributed by atoms with Gasteiger partial charge >= 0.3 is 11.0 Å². The number of aromatic nitrogens is 2. The van der Waals surface area contributed by atoms with Crippen LogP contribution >= 0.6 is 11.3 Å². The molecule has 128 valence electrons. The molecule has 0 amide bonds. The number of hydrogen-bond acceptors (Lipinski definition) is 6. The number of hydrogen-bond donors (Lipinski definition) is 0. The molecule has 25 heavy (non-hydrogen) atoms. The normalized spacial score (nSPS) is 10.6. The van der Waals surface area contributed by atoms with Crippen LogP contribution in [0.1, 0.15) is 27.3 Å². The second-order valence-electron chi connectivity index (χ2n) is 5.51. The minimum atomic E-state index is -0.478. The minimum Gasteiger partial charge on any atom is -0.457 e. The van der Waals surface area contributed by atoms with E-state index in [1.54, 1.807) is 34.3 Å². The van der Waals surface area contributed by atoms with Gasteiger partial charge in [0.2, 0.25) is 0 Å². The Hall–Kier alpha value is -3.00. The average Bonchev–Trinajstić information content (AvgIpc) is 3.19. The molecular formula is C17H15N3O4S. The molecule has 0 aliphatic rings. The molecule has 3 aromatic rings. The quantitative estimate of drug-likeness (QED) is 0.393. The Morgan fingerprint density at radius 2 is 2.00 bits per heavy atom. The van der Waals surface area contributed by atoms with Crippen molar-refractivity contribution in [2.24, 2.45) is 0 Å². The van der Waals surface area contributed by atoms with E-state index in [-0.39, 0.29) is 11.6 Å². The third kappa shape index (κ3) is 3.74. The number of thiophene rings is 1. The number of carbonyl (C=O) groups excluding carboxylic acids is 1. The lowest BCUT2D eigenvalue weighted by molar-refractivity contribution is -0.380. The zero-order valence-electron chi connectivity index (χ0n) is 13.6. The number of carbonyl (C=O) groups is 1. The van der Waals surface area contributed by atoms with Crippen LogP contribution in [0.5, 0.6) is 0 Å². The maximum absolute atomic E-state index is 12.1. The summed E-state index contributed by atoms with van der Waals surface area (Å²) in [4.78, 5) is 22.3. The van der Waals surface area contributed by atoms with E-state index in [9.17, 15) is 14.9 Å². The van der Waals surface area contributed by atoms with Crippen molar-refractivity contribution >= 4 is 22.3 Å². The summed E-state index contributed by atoms with van der Waals surface area (Å²) in [5.41, 5.74) is 3.80. The Kier molecular flexibility index (Phi) is 4.62. The lowest BCUT2D eigenvalue weighted by atomic mass is 10.2. The van der Waals surface area contributed by atoms with Crippen molar-refractivity contribution in [2.45, 2.75) is 20.5 Å². The fourth-order valence-electron chi connectivity index (χ4n) is 2.40. The van der Waals surface area contributed by atoms with E-state index >= 15 is 0 Å². The van der Waals surface area contributed by atoms with Crippen LogP contribution in [-0.2, 0) is 11.3 Å². The molecule has 0 spiro atoms. The molecule has 0 unspecified atom stereocenters. The lowest BCUT2D eigenvalue weighted by Crippen LogP contribution is -2.06. The summed E-state index contributed by atoms with van der Waals surface area (Å²) in [6.07, 6.45) is 0. The molecule has 0 fully saturated rings. The van der Waals surface area contributed by atoms with Gasteiger partial charge in [0.15, 0.2) is 0 Å². The largest absolute Gasteiger partial charge is 0.457 e. The first kappa shape index (κ1) is 16.8. The first-order valence-corrected chi connectivity index (χ1v) is 8.34. The highest BCUT2D eigenvalue weighted by Crippen LogP contribution is 2.23. The Balaban J connectivity index is 1.66. The van der Waals surface area contributed by atoms with Gasteiger partial charge in [0.25, 0.3) is 0 Å². The summed E-state index contributed by atoms with van der Waals surface area (Å²) in [6.45, 7) is 3.88. The summed E-state index contributed by atoms with van der Waals surface area (Å²) in [6, 6.07) is 10.3. The van der Waals surface area contributed by atoms with Gasteiger partial charge in [0.05, 0.1) is 21.9 Å². The SMILES string of the molecule is Cc1cc(C)n(-c2ccc(C(=O)OCc3csc([N+](=O)[O-])c3)cc2)n1. The molecule has 0 aliphatic heterocycles. The van der Waals surface area contributed by atoms with Gasteiger partial charge in [-0.2, -0.15) is 5.10 Å². The monoisotopic (exact) mass is 357 g/mol. The standard InChI is InChI=1S/C17H15N3O4S/c1-11-7-12(2)19(18-11)15-5-3-14(4-6-15)17(21)24-9-13-8-16(20(22)23)25-10-13/h3-8,10H,9H2,1-2H3. The fourth-order valence-corrected chi connectivity index (χ4v) is 3.11. The summed E-state index contributed by atoms with van der Waals surface area (Å²) in [5, 5.41) is 16.7. The van der Waals surface area contributed by atoms with Crippen LogP contribution in [0.15, 0.2) is 41.8 Å². The Bertz CT molecular complexity index is 928. The lowest BCUT2D eigenvalue weighted by Gasteiger charge is -2.06. The van der Waals surface area contributed by atoms with Crippen LogP contribution in [0.3, 0.4) is 0 Å². The van der Waals surface area contributed by atoms with Gasteiger partial charge in [-0.1, -0.05) is 11.3 Å². The van der Waals surface area contributed by atoms with Crippen LogP contribution in [-0.4, -0.2) is 20.7 Å². The summed E-state index contributed by atoms with van der Waals surface area (Å²) in [7, 11) is 0. The number of ether oxygens (including phenoxy) is 1. The van der Waals surface area contributed by atoms with Gasteiger partial charge in [-0.3, -0.25) is 10.1 Å². The molecule has 0 N–H and O–H groups in total. The molecule has 0 saturated carbocycles. The zero-order chi connectivity index (χ0) is 18.0. The number of aryl methyl sites for hydroxylation is 2. The van der Waals surface area contributed by atoms with Crippen LogP contribution in [0.4, 0.5) is 5.00 Å². The maximum atomic E-state index is 12.1. The molecule has 3 rings (SSSR count). The summed E-state index contributed by atoms with van der Waals surface area (Å²) >= 11 is 1.01. The molecule has 1 aromatic carbocycles. The van der Waals surface area contributed by atoms with Gasteiger partial charge in [0.1, 0.15) is 6.61 Å². The van der Waals surface area contributed by atoms with Gasteiger partial charge in [-0.15, -0.1) is 0 Å². The van der Waals surface area contributed by atoms with Gasteiger partial charge < -0.3 is 4.74 Å². The Labute approximate surface area is 147 Å². The average molecular weight is 357 g/mol. The number of nitro groups is 1. The van der Waals surface area contributed by atoms with Crippen LogP contribution in [0.2, 0.25) is 0 Å². The van der Waals surface area contributed by atoms with Gasteiger partial charge in [-0.05, 0) is 44.2 Å². The second kappa shape index (κ2) is 6.86. The first-order chi connectivity index (χ1) is 11.9. The molecule has 0 bridgehead atoms. The van der Waals surface area contributed by atoms with Gasteiger partial charge in [0, 0.05) is 22.7 Å². The highest BCUT2D eigenvalue weighted by Gasteiger charge is 2.13. The van der Waals surface area contributed by atoms with E-state index in [0.29, 0.717) is 11.1 Å². The number of esters is 1. The zero-order valence-corrected chi connectivity index (χ0v) is 14.4. The maximum Gasteiger partial charge on any atom is 0.338 e. The molecule has 0 saturated heterocycles. The second-order valence-corrected chi connectivity index (χ2v) is 6.40. The topological polar surface area (TPSA) is 87.3 Å². The van der Waals surface area contributed by atoms with E-state index in [1.807, 2.05) is 19.9 Å². The predicted octanol–water partition coefficient (Wildman–Crippen LogP) is 3.82. The molecule has 8 heteroatoms. The number of benzene rings is 1. The highest BCUT2D eigenvalue weighted by atomic mass is 32.1. The summed E-state index contributed by atoms with van der Waals surface area (Å²) < 4.78 is 7.00. The van der Waals surface area contributed by atoms with Crippen molar-refractivity contribution in [1.82, 2.24) is 9.78 Å². The van der Waals surface area contributed by atoms with Crippen molar-refractivity contribution in [3.05, 3.63) is 74.4 Å². The molecule has 0 radical (unpaired) electrons. The van der Waals surface area contributed by atoms with Crippen molar-refractivity contribution in [3.8, 4) is 5.69 Å². The van der Waals surface area contributed by atoms with E-state index in [2.05, 4.69) is 5.10 Å². The third-order valence-electron chi connectivity index (χ3n) is 3.55. The van der Waals surface area contributed by atoms with E-state index in [4.69, 9.17) is 4.74 Å². The molecule has 2 aromatic heterocycles. The number of rotatable bonds is 5. The first-order valence-electron chi connectivity index (χ1n) is 7.46. The molecule has 0 atom stereocenters. The van der Waals surface area contributed by atoms with Crippen molar-refractivity contribution in [2.75, 3.05) is 0 Å². The van der Waals surface area contributed by atoms with Crippen molar-refractivity contribution < 1.29 is 14.5 Å². The van der Waals surface area contributed by atoms with Crippen LogP contribution in [0, 0.1) is 24.0 Å². The highest BCUT2D eigenvalue weighted by molar-refractivity contribution is 7.13. The van der Waals surface area contributed by atoms with Crippen LogP contribution in [0.25, 0.3) is 5.69 Å². The molecule has 2 heterocycles. The predicted molar refractivity (Wildman–Crippen MR) is 93.1 cm³/mol. The molecular weight excluding hydrogens is 342 g/mol. The third-order valence-corrected chi connectivity index (χ3v) is 4.48. The Morgan fingerprint density at radius 3 is 2.56 bits per heavy atom. The molecule has 0 aliphatic carbocycles. The minimum absolute atomic E-state index is 0.00236. The van der Waals surface area contributed by atoms with Crippen molar-refractivity contribution in [3.63, 3.8) is 0 Å². The van der Waals surface area contributed by atoms with E-state index < -0.39 is 10.9 Å². The Morgan fingerprint density at radius 1 is 1.28 bits per heavy atom. The van der Waals surface area contributed by atoms with Crippen LogP contribution < -0.4 is 0 Å². The molecule has 7 nitrogen and oxygen atoms in total. The van der Waals surface area contributed by atoms with Crippen molar-refractivity contribution in [1.29, 1.82) is 0 Å². The van der Waals surface area contributed by atoms with E-state index in [0.717, 1.165) is 28.4 Å². The fraction of sp³-hybridized carbons (Fsp3) is 0.176. The smallest absolute Gasteiger partial charge is 0.338 e. The summed E-state index contributed by atoms with van der Waals surface area (Å²) in [5.74, 6) is -0.478. The van der Waals surface area contributed by atoms with E-state index in [1.165, 1.54) is 6.07 Å². The van der Waals surface area contributed by atoms with Gasteiger partial charge in [-0.25, -0.2) is 9.48 Å².